The molecule has 0 radical (unpaired) electrons. The fraction of sp³-hybridized carbons (Fsp3) is 0.286. The third-order valence-corrected chi connectivity index (χ3v) is 11.2. The van der Waals surface area contributed by atoms with Gasteiger partial charge in [0.15, 0.2) is 5.69 Å². The van der Waals surface area contributed by atoms with Gasteiger partial charge in [0.05, 0.1) is 17.1 Å². The van der Waals surface area contributed by atoms with E-state index in [1.807, 2.05) is 21.0 Å². The van der Waals surface area contributed by atoms with Crippen molar-refractivity contribution in [1.82, 2.24) is 4.57 Å². The highest BCUT2D eigenvalue weighted by molar-refractivity contribution is 5.90. The second-order valence-corrected chi connectivity index (χ2v) is 16.3. The molecule has 1 aromatic heterocycles. The molecule has 0 bridgehead atoms. The lowest BCUT2D eigenvalue weighted by atomic mass is 10.0. The molecule has 55 heavy (non-hydrogen) atoms. The summed E-state index contributed by atoms with van der Waals surface area (Å²) in [6.07, 6.45) is 4.16. The number of anilines is 2. The minimum Gasteiger partial charge on any atom is -0.446 e. The van der Waals surface area contributed by atoms with E-state index < -0.39 is 5.85 Å². The van der Waals surface area contributed by atoms with Crippen LogP contribution < -0.4 is 14.4 Å². The van der Waals surface area contributed by atoms with Gasteiger partial charge in [0, 0.05) is 18.7 Å². The van der Waals surface area contributed by atoms with E-state index in [2.05, 4.69) is 173 Å². The van der Waals surface area contributed by atoms with Crippen molar-refractivity contribution in [2.75, 3.05) is 9.80 Å². The topological polar surface area (TPSA) is 55.8 Å². The zero-order chi connectivity index (χ0) is 39.8. The molecule has 2 heterocycles. The number of rotatable bonds is 6. The van der Waals surface area contributed by atoms with Crippen LogP contribution in [0.1, 0.15) is 79.2 Å². The molecule has 1 atom stereocenters. The Morgan fingerprint density at radius 3 is 1.35 bits per heavy atom. The third-order valence-electron chi connectivity index (χ3n) is 11.2. The van der Waals surface area contributed by atoms with Crippen LogP contribution in [0, 0.1) is 83.1 Å². The molecule has 1 aliphatic rings. The Bertz CT molecular complexity index is 2460. The number of aromatic nitrogens is 2. The van der Waals surface area contributed by atoms with E-state index in [1.165, 1.54) is 22.3 Å². The molecule has 0 aliphatic carbocycles. The molecule has 0 fully saturated rings. The van der Waals surface area contributed by atoms with Gasteiger partial charge in [0.1, 0.15) is 17.6 Å². The summed E-state index contributed by atoms with van der Waals surface area (Å²) >= 11 is 0. The summed E-state index contributed by atoms with van der Waals surface area (Å²) in [5.74, 6) is -1.40. The average molecular weight is 732 g/mol. The lowest BCUT2D eigenvalue weighted by Gasteiger charge is -2.42. The molecule has 6 heteroatoms. The van der Waals surface area contributed by atoms with Crippen molar-refractivity contribution < 1.29 is 14.8 Å². The first kappa shape index (κ1) is 37.7. The molecule has 7 rings (SSSR count). The Balaban J connectivity index is 1.43. The van der Waals surface area contributed by atoms with Gasteiger partial charge < -0.3 is 10.2 Å². The summed E-state index contributed by atoms with van der Waals surface area (Å²) < 4.78 is 3.92. The van der Waals surface area contributed by atoms with Crippen molar-refractivity contribution in [1.29, 1.82) is 0 Å². The van der Waals surface area contributed by atoms with Crippen LogP contribution in [0.25, 0.3) is 28.3 Å². The Labute approximate surface area is 327 Å². The predicted molar refractivity (Wildman–Crippen MR) is 228 cm³/mol. The summed E-state index contributed by atoms with van der Waals surface area (Å²) in [5, 5.41) is 24.9. The Kier molecular flexibility index (Phi) is 9.33. The zero-order valence-corrected chi connectivity index (χ0v) is 34.8. The van der Waals surface area contributed by atoms with Gasteiger partial charge in [-0.1, -0.05) is 82.9 Å². The number of aromatic hydroxyl groups is 1. The minimum absolute atomic E-state index is 0.148. The van der Waals surface area contributed by atoms with Crippen LogP contribution in [-0.4, -0.2) is 20.6 Å². The van der Waals surface area contributed by atoms with Crippen molar-refractivity contribution >= 4 is 17.1 Å². The van der Waals surface area contributed by atoms with Crippen LogP contribution >= 0.6 is 0 Å². The zero-order valence-electron chi connectivity index (χ0n) is 34.8. The van der Waals surface area contributed by atoms with Crippen molar-refractivity contribution in [3.63, 3.8) is 0 Å². The van der Waals surface area contributed by atoms with Gasteiger partial charge in [-0.15, -0.1) is 0 Å². The van der Waals surface area contributed by atoms with Crippen LogP contribution in [0.15, 0.2) is 85.2 Å². The van der Waals surface area contributed by atoms with E-state index in [4.69, 9.17) is 0 Å². The lowest BCUT2D eigenvalue weighted by Crippen LogP contribution is -2.53. The highest BCUT2D eigenvalue weighted by atomic mass is 16.3. The maximum absolute atomic E-state index is 12.7. The molecule has 0 saturated carbocycles. The van der Waals surface area contributed by atoms with E-state index in [-0.39, 0.29) is 6.01 Å². The van der Waals surface area contributed by atoms with Crippen LogP contribution in [0.3, 0.4) is 0 Å². The number of benzene rings is 5. The first-order valence-corrected chi connectivity index (χ1v) is 19.2. The standard InChI is InChI=1S/C49H54N4O2/c1-28-18-32(5)44(33(6)19-28)50-26-42(52(48(50)54)46-36(9)22-30(3)23-37(46)10)40-14-16-41(17-15-40)43-27-51(45-34(7)20-29(2)21-35(45)8)49(13,55)53(43)47-38(11)24-31(4)25-39(47)12/h14-27,55H,1-13H3/p+1. The van der Waals surface area contributed by atoms with Gasteiger partial charge in [-0.3, -0.25) is 9.80 Å². The number of hydrogen-bond donors (Lipinski definition) is 2. The molecule has 6 aromatic rings. The normalized spacial score (nSPS) is 15.6. The SMILES string of the molecule is Cc1cc(C)c(N2C=C(c3ccc(-c4cn(-c5c(C)cc(C)cc5C)c(O)[n+]4-c4c(C)cc(C)cc4C)cc3)N(c3c(C)cc(C)cc3C)C2(C)O)c(C)c1. The van der Waals surface area contributed by atoms with E-state index in [0.29, 0.717) is 0 Å². The van der Waals surface area contributed by atoms with Crippen LogP contribution in [0.2, 0.25) is 0 Å². The first-order valence-electron chi connectivity index (χ1n) is 19.2. The average Bonchev–Trinajstić information content (AvgIpc) is 3.52. The third kappa shape index (κ3) is 6.32. The second kappa shape index (κ2) is 13.6. The number of aryl methyl sites for hydroxylation is 12. The van der Waals surface area contributed by atoms with Crippen LogP contribution in [-0.2, 0) is 0 Å². The Morgan fingerprint density at radius 2 is 0.891 bits per heavy atom. The molecule has 2 N–H and O–H groups in total. The summed E-state index contributed by atoms with van der Waals surface area (Å²) in [4.78, 5) is 4.12. The molecular formula is C49H55N4O2+. The van der Waals surface area contributed by atoms with Crippen molar-refractivity contribution in [3.8, 4) is 28.6 Å². The largest absolute Gasteiger partial charge is 0.464 e. The Morgan fingerprint density at radius 1 is 0.509 bits per heavy atom. The smallest absolute Gasteiger partial charge is 0.446 e. The molecule has 5 aromatic carbocycles. The van der Waals surface area contributed by atoms with Gasteiger partial charge in [-0.25, -0.2) is 0 Å². The highest BCUT2D eigenvalue weighted by Gasteiger charge is 2.46. The molecular weight excluding hydrogens is 677 g/mol. The summed E-state index contributed by atoms with van der Waals surface area (Å²) in [6.45, 7) is 27.2. The van der Waals surface area contributed by atoms with Gasteiger partial charge in [0.25, 0.3) is 0 Å². The number of aliphatic hydroxyl groups is 1. The van der Waals surface area contributed by atoms with Crippen LogP contribution in [0.5, 0.6) is 6.01 Å². The van der Waals surface area contributed by atoms with E-state index in [0.717, 1.165) is 89.8 Å². The van der Waals surface area contributed by atoms with E-state index in [1.54, 1.807) is 0 Å². The van der Waals surface area contributed by atoms with Crippen LogP contribution in [0.4, 0.5) is 11.4 Å². The lowest BCUT2D eigenvalue weighted by molar-refractivity contribution is -0.593. The maximum atomic E-state index is 12.7. The van der Waals surface area contributed by atoms with Crippen molar-refractivity contribution in [3.05, 3.63) is 158 Å². The Hall–Kier alpha value is -5.59. The number of nitrogens with zero attached hydrogens (tertiary/aromatic N) is 4. The van der Waals surface area contributed by atoms with Crippen molar-refractivity contribution in [2.24, 2.45) is 0 Å². The number of hydrogen-bond acceptors (Lipinski definition) is 4. The van der Waals surface area contributed by atoms with Gasteiger partial charge in [-0.2, -0.15) is 9.13 Å². The maximum Gasteiger partial charge on any atom is 0.464 e. The number of imidazole rings is 1. The van der Waals surface area contributed by atoms with Gasteiger partial charge >= 0.3 is 6.01 Å². The molecule has 0 amide bonds. The molecule has 1 aliphatic heterocycles. The molecule has 1 unspecified atom stereocenters. The molecule has 0 saturated heterocycles. The summed E-state index contributed by atoms with van der Waals surface area (Å²) in [6, 6.07) is 26.1. The quantitative estimate of drug-likeness (QED) is 0.168. The predicted octanol–water partition coefficient (Wildman–Crippen LogP) is 10.8. The highest BCUT2D eigenvalue weighted by Crippen LogP contribution is 2.47. The monoisotopic (exact) mass is 731 g/mol. The van der Waals surface area contributed by atoms with Gasteiger partial charge in [0.2, 0.25) is 5.85 Å². The second-order valence-electron chi connectivity index (χ2n) is 16.3. The summed E-state index contributed by atoms with van der Waals surface area (Å²) in [5.41, 5.74) is 21.2. The minimum atomic E-state index is -1.40. The molecule has 282 valence electrons. The fourth-order valence-corrected chi connectivity index (χ4v) is 9.46. The van der Waals surface area contributed by atoms with E-state index in [9.17, 15) is 10.2 Å². The summed E-state index contributed by atoms with van der Waals surface area (Å²) in [7, 11) is 0. The molecule has 6 nitrogen and oxygen atoms in total. The van der Waals surface area contributed by atoms with Crippen molar-refractivity contribution in [2.45, 2.75) is 95.9 Å². The molecule has 0 spiro atoms. The fourth-order valence-electron chi connectivity index (χ4n) is 9.46. The van der Waals surface area contributed by atoms with E-state index >= 15 is 0 Å². The van der Waals surface area contributed by atoms with Gasteiger partial charge in [-0.05, 0) is 145 Å². The first-order chi connectivity index (χ1) is 25.9.